The van der Waals surface area contributed by atoms with Gasteiger partial charge in [-0.15, -0.1) is 10.1 Å². The van der Waals surface area contributed by atoms with Gasteiger partial charge in [0, 0.05) is 32.7 Å². The minimum absolute atomic E-state index is 0. The molecule has 0 aromatic heterocycles. The summed E-state index contributed by atoms with van der Waals surface area (Å²) >= 11 is 0. The van der Waals surface area contributed by atoms with Crippen molar-refractivity contribution in [2.75, 3.05) is 7.11 Å². The molecule has 0 unspecified atom stereocenters. The fourth-order valence-corrected chi connectivity index (χ4v) is 0. The number of rotatable bonds is 0. The Kier molecular flexibility index (Phi) is 18.5. The third-order valence-electron chi connectivity index (χ3n) is 0.175. The van der Waals surface area contributed by atoms with Crippen molar-refractivity contribution >= 4 is 6.16 Å². The maximum atomic E-state index is 9.15. The number of methoxy groups -OCH3 is 1. The summed E-state index contributed by atoms with van der Waals surface area (Å²) in [5.74, 6) is 0. The first-order valence-electron chi connectivity index (χ1n) is 1.61. The molecule has 0 saturated carbocycles. The molecule has 0 aromatic rings. The third-order valence-corrected chi connectivity index (χ3v) is 0.175. The molecular weight excluding hydrogens is 223 g/mol. The van der Waals surface area contributed by atoms with Crippen LogP contribution >= 0.6 is 0 Å². The van der Waals surface area contributed by atoms with Crippen molar-refractivity contribution in [3.63, 3.8) is 0 Å². The first-order valence-corrected chi connectivity index (χ1v) is 1.61. The second-order valence-corrected chi connectivity index (χ2v) is 0.708. The summed E-state index contributed by atoms with van der Waals surface area (Å²) in [7, 11) is 1.10. The van der Waals surface area contributed by atoms with Crippen LogP contribution in [0, 0.1) is 10.1 Å². The number of carboxylic acid groups (broad SMARTS) is 1. The molecule has 0 amide bonds. The van der Waals surface area contributed by atoms with Crippen LogP contribution in [0.15, 0.2) is 0 Å². The number of nitrogens with zero attached hydrogens (tertiary/aromatic N) is 1. The van der Waals surface area contributed by atoms with Crippen molar-refractivity contribution in [3.05, 3.63) is 10.1 Å². The van der Waals surface area contributed by atoms with Crippen LogP contribution in [0.1, 0.15) is 0 Å². The summed E-state index contributed by atoms with van der Waals surface area (Å²) in [5, 5.41) is 21.1. The molecule has 2 N–H and O–H groups in total. The minimum Gasteiger partial charge on any atom is -0.450 e. The zero-order valence-corrected chi connectivity index (χ0v) is 7.89. The number of hydrogen-bond donors (Lipinski definition) is 2. The fraction of sp³-hybridized carbons (Fsp3) is 0.500. The first-order chi connectivity index (χ1) is 4.00. The first kappa shape index (κ1) is 16.3. The van der Waals surface area contributed by atoms with Crippen LogP contribution < -0.4 is 0 Å². The van der Waals surface area contributed by atoms with Crippen molar-refractivity contribution in [1.29, 1.82) is 0 Å². The summed E-state index contributed by atoms with van der Waals surface area (Å²) in [6.45, 7) is 0. The second kappa shape index (κ2) is 11.4. The van der Waals surface area contributed by atoms with Gasteiger partial charge in [-0.3, -0.25) is 0 Å². The third kappa shape index (κ3) is 132. The van der Waals surface area contributed by atoms with E-state index in [0.717, 1.165) is 7.11 Å². The molecule has 0 bridgehead atoms. The zero-order valence-electron chi connectivity index (χ0n) is 5.05. The predicted octanol–water partition coefficient (Wildman–Crippen LogP) is -0.0394. The van der Waals surface area contributed by atoms with Gasteiger partial charge in [0.15, 0.2) is 0 Å². The quantitative estimate of drug-likeness (QED) is 0.342. The van der Waals surface area contributed by atoms with E-state index in [-0.39, 0.29) is 32.7 Å². The van der Waals surface area contributed by atoms with E-state index in [0.29, 0.717) is 0 Å². The van der Waals surface area contributed by atoms with Crippen molar-refractivity contribution in [2.24, 2.45) is 0 Å². The van der Waals surface area contributed by atoms with Gasteiger partial charge in [-0.25, -0.2) is 4.79 Å². The average molecular weight is 228 g/mol. The van der Waals surface area contributed by atoms with Crippen LogP contribution in [0.25, 0.3) is 0 Å². The maximum absolute atomic E-state index is 9.15. The summed E-state index contributed by atoms with van der Waals surface area (Å²) in [5.41, 5.74) is 0. The zero-order chi connectivity index (χ0) is 7.86. The Hall–Kier alpha value is -0.426. The predicted molar refractivity (Wildman–Crippen MR) is 23.8 cm³/mol. The summed E-state index contributed by atoms with van der Waals surface area (Å²) in [6.07, 6.45) is -1.25. The van der Waals surface area contributed by atoms with E-state index in [1.165, 1.54) is 0 Å². The molecule has 0 rings (SSSR count). The normalized spacial score (nSPS) is 5.70. The van der Waals surface area contributed by atoms with Gasteiger partial charge in [0.05, 0.1) is 7.11 Å². The van der Waals surface area contributed by atoms with E-state index in [9.17, 15) is 0 Å². The number of carbonyl (C=O) groups is 1. The Morgan fingerprint density at radius 3 is 1.80 bits per heavy atom. The maximum Gasteiger partial charge on any atom is 0.505 e. The fourth-order valence-electron chi connectivity index (χ4n) is 0. The monoisotopic (exact) mass is 228 g/mol. The molecule has 0 fully saturated rings. The van der Waals surface area contributed by atoms with Gasteiger partial charge in [-0.05, 0) is 0 Å². The van der Waals surface area contributed by atoms with Crippen LogP contribution in [0.5, 0.6) is 0 Å². The van der Waals surface area contributed by atoms with Crippen molar-refractivity contribution in [2.45, 2.75) is 0 Å². The largest absolute Gasteiger partial charge is 0.505 e. The van der Waals surface area contributed by atoms with E-state index in [4.69, 9.17) is 25.2 Å². The summed E-state index contributed by atoms with van der Waals surface area (Å²) in [6, 6.07) is 0. The molecule has 0 heterocycles. The molecule has 0 saturated heterocycles. The Morgan fingerprint density at radius 1 is 1.70 bits per heavy atom. The molecule has 0 atom stereocenters. The molecule has 7 nitrogen and oxygen atoms in total. The average Bonchev–Trinajstić information content (AvgIpc) is 1.65. The Labute approximate surface area is 81.0 Å². The standard InChI is InChI=1S/C2H4O3.HNO3.Y/c1-5-2(3)4;2-1(3)4;/h1H3,(H,3,4);(H,2,3,4);. The van der Waals surface area contributed by atoms with Crippen molar-refractivity contribution < 1.29 is 57.6 Å². The van der Waals surface area contributed by atoms with E-state index in [2.05, 4.69) is 4.74 Å². The molecule has 0 spiro atoms. The molecule has 8 heteroatoms. The van der Waals surface area contributed by atoms with Gasteiger partial charge >= 0.3 is 6.16 Å². The van der Waals surface area contributed by atoms with Crippen LogP contribution in [0.3, 0.4) is 0 Å². The number of ether oxygens (including phenoxy) is 1. The second-order valence-electron chi connectivity index (χ2n) is 0.708. The van der Waals surface area contributed by atoms with Gasteiger partial charge in [-0.1, -0.05) is 0 Å². The molecule has 0 aliphatic heterocycles. The smallest absolute Gasteiger partial charge is 0.450 e. The molecule has 0 aliphatic rings. The molecule has 0 aromatic carbocycles. The summed E-state index contributed by atoms with van der Waals surface area (Å²) in [4.78, 5) is 17.5. The van der Waals surface area contributed by atoms with E-state index >= 15 is 0 Å². The Bertz CT molecular complexity index is 99.9. The van der Waals surface area contributed by atoms with Crippen molar-refractivity contribution in [3.8, 4) is 0 Å². The SMILES string of the molecule is COC(=O)O.O=[N+]([O-])O.[Y]. The minimum atomic E-state index is -1.50. The van der Waals surface area contributed by atoms with Gasteiger partial charge in [-0.2, -0.15) is 0 Å². The number of hydrogen-bond acceptors (Lipinski definition) is 4. The Balaban J connectivity index is -0.0000000910. The molecule has 10 heavy (non-hydrogen) atoms. The van der Waals surface area contributed by atoms with Crippen LogP contribution in [0.4, 0.5) is 4.79 Å². The van der Waals surface area contributed by atoms with Crippen molar-refractivity contribution in [1.82, 2.24) is 0 Å². The molecule has 1 radical (unpaired) electrons. The molecular formula is C2H5NO6Y. The van der Waals surface area contributed by atoms with Crippen LogP contribution in [-0.4, -0.2) is 28.7 Å². The molecule has 57 valence electrons. The van der Waals surface area contributed by atoms with Gasteiger partial charge in [0.1, 0.15) is 0 Å². The van der Waals surface area contributed by atoms with Gasteiger partial charge < -0.3 is 15.1 Å². The topological polar surface area (TPSA) is 110 Å². The van der Waals surface area contributed by atoms with Gasteiger partial charge in [0.25, 0.3) is 5.09 Å². The van der Waals surface area contributed by atoms with Crippen LogP contribution in [-0.2, 0) is 37.4 Å². The van der Waals surface area contributed by atoms with E-state index in [1.807, 2.05) is 0 Å². The summed E-state index contributed by atoms with van der Waals surface area (Å²) < 4.78 is 3.67. The Morgan fingerprint density at radius 2 is 1.80 bits per heavy atom. The van der Waals surface area contributed by atoms with E-state index < -0.39 is 11.2 Å². The molecule has 0 aliphatic carbocycles. The van der Waals surface area contributed by atoms with Gasteiger partial charge in [0.2, 0.25) is 0 Å². The van der Waals surface area contributed by atoms with E-state index in [1.54, 1.807) is 0 Å². The van der Waals surface area contributed by atoms with Crippen LogP contribution in [0.2, 0.25) is 0 Å².